The van der Waals surface area contributed by atoms with Crippen LogP contribution in [0.5, 0.6) is 0 Å². The van der Waals surface area contributed by atoms with Crippen molar-refractivity contribution in [3.63, 3.8) is 0 Å². The first kappa shape index (κ1) is 24.7. The third-order valence-electron chi connectivity index (χ3n) is 6.24. The second-order valence-electron chi connectivity index (χ2n) is 8.50. The van der Waals surface area contributed by atoms with E-state index in [1.165, 1.54) is 12.2 Å². The van der Waals surface area contributed by atoms with Crippen LogP contribution in [0.3, 0.4) is 0 Å². The number of rotatable bonds is 4. The lowest BCUT2D eigenvalue weighted by molar-refractivity contribution is -0.173. The molecule has 1 N–H and O–H groups in total. The van der Waals surface area contributed by atoms with Gasteiger partial charge in [0.25, 0.3) is 0 Å². The van der Waals surface area contributed by atoms with Gasteiger partial charge in [-0.05, 0) is 38.8 Å². The van der Waals surface area contributed by atoms with Crippen molar-refractivity contribution < 1.29 is 48.0 Å². The molecule has 3 aliphatic rings. The first-order chi connectivity index (χ1) is 15.4. The summed E-state index contributed by atoms with van der Waals surface area (Å²) in [6, 6.07) is 0. The summed E-state index contributed by atoms with van der Waals surface area (Å²) in [7, 11) is 1.14. The standard InChI is InChI=1S/C23H28O10/c1-10-9-16-17(11(2)20(26)31-16)19(32-22(28)23(5)12(3)33-23)18(30-13(4)24)14(21(27)29-6)7-8-15(10)25/h7,9,12,15-19,25H,2,8H2,1,3-6H3/b10-9+,14-7+/t12-,15-,16-,17+,18+,19+,23+/m1/s1. The van der Waals surface area contributed by atoms with E-state index in [1.54, 1.807) is 20.8 Å². The zero-order valence-corrected chi connectivity index (χ0v) is 19.2. The maximum absolute atomic E-state index is 13.0. The Hall–Kier alpha value is -2.98. The highest BCUT2D eigenvalue weighted by molar-refractivity contribution is 5.93. The molecule has 3 rings (SSSR count). The number of methoxy groups -OCH3 is 1. The van der Waals surface area contributed by atoms with Gasteiger partial charge in [-0.3, -0.25) is 4.79 Å². The molecule has 0 bridgehead atoms. The van der Waals surface area contributed by atoms with Crippen molar-refractivity contribution in [2.24, 2.45) is 5.92 Å². The van der Waals surface area contributed by atoms with Gasteiger partial charge in [-0.2, -0.15) is 0 Å². The minimum atomic E-state index is -1.46. The molecule has 0 aromatic carbocycles. The highest BCUT2D eigenvalue weighted by Gasteiger charge is 2.59. The topological polar surface area (TPSA) is 138 Å². The van der Waals surface area contributed by atoms with Crippen LogP contribution in [0.25, 0.3) is 0 Å². The summed E-state index contributed by atoms with van der Waals surface area (Å²) >= 11 is 0. The Morgan fingerprint density at radius 3 is 2.45 bits per heavy atom. The normalized spacial score (nSPS) is 39.1. The molecule has 180 valence electrons. The van der Waals surface area contributed by atoms with Crippen LogP contribution in [0, 0.1) is 5.92 Å². The number of aliphatic hydroxyl groups is 1. The maximum Gasteiger partial charge on any atom is 0.341 e. The van der Waals surface area contributed by atoms with E-state index >= 15 is 0 Å². The molecule has 33 heavy (non-hydrogen) atoms. The largest absolute Gasteiger partial charge is 0.466 e. The average molecular weight is 464 g/mol. The van der Waals surface area contributed by atoms with Crippen LogP contribution in [0.1, 0.15) is 34.1 Å². The van der Waals surface area contributed by atoms with E-state index in [1.807, 2.05) is 0 Å². The predicted octanol–water partition coefficient (Wildman–Crippen LogP) is 0.915. The number of hydrogen-bond donors (Lipinski definition) is 1. The van der Waals surface area contributed by atoms with Gasteiger partial charge in [0.1, 0.15) is 6.10 Å². The number of fused-ring (bicyclic) bond motifs is 1. The Morgan fingerprint density at radius 1 is 1.27 bits per heavy atom. The summed E-state index contributed by atoms with van der Waals surface area (Å²) < 4.78 is 26.9. The van der Waals surface area contributed by atoms with Gasteiger partial charge < -0.3 is 28.8 Å². The van der Waals surface area contributed by atoms with Gasteiger partial charge in [0.05, 0.1) is 30.8 Å². The van der Waals surface area contributed by atoms with Crippen molar-refractivity contribution in [2.75, 3.05) is 7.11 Å². The molecular weight excluding hydrogens is 436 g/mol. The van der Waals surface area contributed by atoms with Gasteiger partial charge in [0, 0.05) is 12.5 Å². The second-order valence-corrected chi connectivity index (χ2v) is 8.50. The Kier molecular flexibility index (Phi) is 6.80. The molecule has 10 nitrogen and oxygen atoms in total. The van der Waals surface area contributed by atoms with Crippen LogP contribution >= 0.6 is 0 Å². The second kappa shape index (κ2) is 9.11. The monoisotopic (exact) mass is 464 g/mol. The zero-order valence-electron chi connectivity index (χ0n) is 19.2. The molecule has 10 heteroatoms. The Balaban J connectivity index is 2.17. The van der Waals surface area contributed by atoms with Crippen LogP contribution in [0.4, 0.5) is 0 Å². The van der Waals surface area contributed by atoms with E-state index in [9.17, 15) is 24.3 Å². The Morgan fingerprint density at radius 2 is 1.91 bits per heavy atom. The number of aliphatic hydroxyl groups excluding tert-OH is 1. The maximum atomic E-state index is 13.0. The fourth-order valence-corrected chi connectivity index (χ4v) is 3.96. The third-order valence-corrected chi connectivity index (χ3v) is 6.24. The number of ether oxygens (including phenoxy) is 5. The number of epoxide rings is 1. The van der Waals surface area contributed by atoms with Crippen LogP contribution in [-0.4, -0.2) is 72.2 Å². The molecule has 0 spiro atoms. The van der Waals surface area contributed by atoms with Crippen molar-refractivity contribution in [1.29, 1.82) is 0 Å². The molecule has 2 fully saturated rings. The number of hydrogen-bond acceptors (Lipinski definition) is 10. The van der Waals surface area contributed by atoms with E-state index in [2.05, 4.69) is 6.58 Å². The van der Waals surface area contributed by atoms with Gasteiger partial charge in [0.2, 0.25) is 0 Å². The van der Waals surface area contributed by atoms with E-state index in [-0.39, 0.29) is 17.6 Å². The molecule has 0 radical (unpaired) electrons. The van der Waals surface area contributed by atoms with Crippen LogP contribution < -0.4 is 0 Å². The van der Waals surface area contributed by atoms with Crippen molar-refractivity contribution in [1.82, 2.24) is 0 Å². The van der Waals surface area contributed by atoms with Crippen molar-refractivity contribution in [3.05, 3.63) is 35.5 Å². The average Bonchev–Trinajstić information content (AvgIpc) is 3.28. The molecule has 1 aliphatic carbocycles. The lowest BCUT2D eigenvalue weighted by atomic mass is 9.83. The first-order valence-corrected chi connectivity index (χ1v) is 10.5. The van der Waals surface area contributed by atoms with Crippen LogP contribution in [0.2, 0.25) is 0 Å². The smallest absolute Gasteiger partial charge is 0.341 e. The molecule has 0 amide bonds. The molecular formula is C23H28O10. The van der Waals surface area contributed by atoms with Crippen LogP contribution in [0.15, 0.2) is 35.5 Å². The number of carbonyl (C=O) groups is 4. The lowest BCUT2D eigenvalue weighted by Gasteiger charge is -2.34. The molecule has 2 aliphatic heterocycles. The van der Waals surface area contributed by atoms with E-state index in [0.717, 1.165) is 14.0 Å². The molecule has 7 atom stereocenters. The summed E-state index contributed by atoms with van der Waals surface area (Å²) in [5, 5.41) is 10.5. The SMILES string of the molecule is C=C1C(=O)O[C@@H]2/C=C(\C)[C@H](O)C/C=C(/C(=O)OC)[C@H](OC(C)=O)[C@@H](OC(=O)[C@@]3(C)O[C@@H]3C)[C@@H]12. The highest BCUT2D eigenvalue weighted by atomic mass is 16.7. The molecule has 0 unspecified atom stereocenters. The Labute approximate surface area is 191 Å². The predicted molar refractivity (Wildman–Crippen MR) is 111 cm³/mol. The fraction of sp³-hybridized carbons (Fsp3) is 0.565. The summed E-state index contributed by atoms with van der Waals surface area (Å²) in [5.74, 6) is -4.14. The quantitative estimate of drug-likeness (QED) is 0.210. The van der Waals surface area contributed by atoms with Gasteiger partial charge >= 0.3 is 23.9 Å². The molecule has 2 heterocycles. The number of esters is 4. The van der Waals surface area contributed by atoms with E-state index < -0.39 is 65.9 Å². The van der Waals surface area contributed by atoms with Gasteiger partial charge in [-0.1, -0.05) is 12.7 Å². The minimum Gasteiger partial charge on any atom is -0.466 e. The molecule has 0 aromatic heterocycles. The van der Waals surface area contributed by atoms with Crippen LogP contribution in [-0.2, 0) is 42.9 Å². The zero-order chi connectivity index (χ0) is 24.7. The summed E-state index contributed by atoms with van der Waals surface area (Å²) in [6.45, 7) is 9.77. The Bertz CT molecular complexity index is 947. The number of carbonyl (C=O) groups excluding carboxylic acids is 4. The van der Waals surface area contributed by atoms with Gasteiger partial charge in [-0.15, -0.1) is 0 Å². The third kappa shape index (κ3) is 4.72. The lowest BCUT2D eigenvalue weighted by Crippen LogP contribution is -2.48. The van der Waals surface area contributed by atoms with Crippen molar-refractivity contribution in [2.45, 2.75) is 70.2 Å². The first-order valence-electron chi connectivity index (χ1n) is 10.5. The molecule has 0 saturated carbocycles. The summed E-state index contributed by atoms with van der Waals surface area (Å²) in [5.41, 5.74) is -0.948. The molecule has 0 aromatic rings. The van der Waals surface area contributed by atoms with Crippen molar-refractivity contribution >= 4 is 23.9 Å². The van der Waals surface area contributed by atoms with Crippen molar-refractivity contribution in [3.8, 4) is 0 Å². The van der Waals surface area contributed by atoms with Gasteiger partial charge in [0.15, 0.2) is 17.8 Å². The van der Waals surface area contributed by atoms with Gasteiger partial charge in [-0.25, -0.2) is 14.4 Å². The van der Waals surface area contributed by atoms with E-state index in [0.29, 0.717) is 5.57 Å². The fourth-order valence-electron chi connectivity index (χ4n) is 3.96. The minimum absolute atomic E-state index is 0.0324. The summed E-state index contributed by atoms with van der Waals surface area (Å²) in [6.07, 6.45) is -2.39. The van der Waals surface area contributed by atoms with E-state index in [4.69, 9.17) is 23.7 Å². The molecule has 2 saturated heterocycles. The summed E-state index contributed by atoms with van der Waals surface area (Å²) in [4.78, 5) is 50.1. The highest BCUT2D eigenvalue weighted by Crippen LogP contribution is 2.41.